The predicted octanol–water partition coefficient (Wildman–Crippen LogP) is 3.73. The molecule has 1 aromatic carbocycles. The van der Waals surface area contributed by atoms with Crippen LogP contribution in [0.4, 0.5) is 0 Å². The zero-order valence-electron chi connectivity index (χ0n) is 12.6. The van der Waals surface area contributed by atoms with Gasteiger partial charge < -0.3 is 13.8 Å². The minimum Gasteiger partial charge on any atom is -0.426 e. The van der Waals surface area contributed by atoms with Crippen LogP contribution >= 0.6 is 7.60 Å². The fourth-order valence-electron chi connectivity index (χ4n) is 2.73. The molecule has 0 saturated carbocycles. The molecule has 0 N–H and O–H groups in total. The number of fused-ring (bicyclic) bond motifs is 1. The SMILES string of the molecule is CCOP(=O)(OCC)C1C(=O)Oc2ccccc2C1CC. The number of benzene rings is 1. The molecule has 2 atom stereocenters. The van der Waals surface area contributed by atoms with Crippen molar-refractivity contribution in [1.29, 1.82) is 0 Å². The van der Waals surface area contributed by atoms with Gasteiger partial charge >= 0.3 is 13.6 Å². The van der Waals surface area contributed by atoms with Crippen LogP contribution in [0, 0.1) is 0 Å². The maximum Gasteiger partial charge on any atom is 0.345 e. The standard InChI is InChI=1S/C15H21O5P/c1-4-11-12-9-7-8-10-13(12)20-15(16)14(11)21(17,18-5-2)19-6-3/h7-11,14H,4-6H2,1-3H3. The van der Waals surface area contributed by atoms with E-state index in [9.17, 15) is 9.36 Å². The predicted molar refractivity (Wildman–Crippen MR) is 79.8 cm³/mol. The third-order valence-corrected chi connectivity index (χ3v) is 6.04. The third-order valence-electron chi connectivity index (χ3n) is 3.55. The Balaban J connectivity index is 2.47. The number of rotatable bonds is 6. The van der Waals surface area contributed by atoms with Crippen LogP contribution in [0.2, 0.25) is 0 Å². The normalized spacial score (nSPS) is 21.8. The topological polar surface area (TPSA) is 61.8 Å². The van der Waals surface area contributed by atoms with Gasteiger partial charge in [-0.15, -0.1) is 0 Å². The Morgan fingerprint density at radius 1 is 1.14 bits per heavy atom. The summed E-state index contributed by atoms with van der Waals surface area (Å²) in [5.74, 6) is -0.234. The molecule has 116 valence electrons. The van der Waals surface area contributed by atoms with Crippen molar-refractivity contribution in [3.8, 4) is 5.75 Å². The molecule has 5 nitrogen and oxygen atoms in total. The first-order chi connectivity index (χ1) is 10.1. The van der Waals surface area contributed by atoms with E-state index in [0.29, 0.717) is 12.2 Å². The van der Waals surface area contributed by atoms with E-state index in [2.05, 4.69) is 0 Å². The third kappa shape index (κ3) is 3.05. The highest BCUT2D eigenvalue weighted by molar-refractivity contribution is 7.55. The monoisotopic (exact) mass is 312 g/mol. The van der Waals surface area contributed by atoms with Gasteiger partial charge in [0.2, 0.25) is 0 Å². The lowest BCUT2D eigenvalue weighted by Gasteiger charge is -2.34. The largest absolute Gasteiger partial charge is 0.426 e. The van der Waals surface area contributed by atoms with Gasteiger partial charge in [-0.3, -0.25) is 9.36 Å². The second-order valence-corrected chi connectivity index (χ2v) is 6.95. The van der Waals surface area contributed by atoms with Crippen LogP contribution in [0.3, 0.4) is 0 Å². The van der Waals surface area contributed by atoms with E-state index in [1.807, 2.05) is 25.1 Å². The maximum absolute atomic E-state index is 13.0. The van der Waals surface area contributed by atoms with E-state index >= 15 is 0 Å². The molecular formula is C15H21O5P. The molecule has 1 aliphatic heterocycles. The van der Waals surface area contributed by atoms with E-state index in [-0.39, 0.29) is 19.1 Å². The zero-order valence-corrected chi connectivity index (χ0v) is 13.5. The van der Waals surface area contributed by atoms with Gasteiger partial charge in [-0.2, -0.15) is 0 Å². The highest BCUT2D eigenvalue weighted by Crippen LogP contribution is 2.60. The average Bonchev–Trinajstić information content (AvgIpc) is 2.46. The number of hydrogen-bond donors (Lipinski definition) is 0. The Hall–Kier alpha value is -1.16. The molecule has 6 heteroatoms. The lowest BCUT2D eigenvalue weighted by molar-refractivity contribution is -0.136. The van der Waals surface area contributed by atoms with Crippen molar-refractivity contribution in [3.05, 3.63) is 29.8 Å². The summed E-state index contributed by atoms with van der Waals surface area (Å²) in [6, 6.07) is 7.33. The number of esters is 1. The summed E-state index contributed by atoms with van der Waals surface area (Å²) in [5, 5.41) is 0. The highest BCUT2D eigenvalue weighted by atomic mass is 31.2. The van der Waals surface area contributed by atoms with E-state index in [1.165, 1.54) is 0 Å². The van der Waals surface area contributed by atoms with Crippen LogP contribution in [0.15, 0.2) is 24.3 Å². The second kappa shape index (κ2) is 6.73. The molecule has 0 bridgehead atoms. The van der Waals surface area contributed by atoms with Crippen molar-refractivity contribution in [1.82, 2.24) is 0 Å². The van der Waals surface area contributed by atoms with Crippen molar-refractivity contribution in [3.63, 3.8) is 0 Å². The smallest absolute Gasteiger partial charge is 0.345 e. The Morgan fingerprint density at radius 2 is 1.76 bits per heavy atom. The van der Waals surface area contributed by atoms with E-state index < -0.39 is 19.2 Å². The number of carbonyl (C=O) groups is 1. The first kappa shape index (κ1) is 16.2. The minimum absolute atomic E-state index is 0.221. The van der Waals surface area contributed by atoms with E-state index in [0.717, 1.165) is 5.56 Å². The summed E-state index contributed by atoms with van der Waals surface area (Å²) in [7, 11) is -3.55. The summed E-state index contributed by atoms with van der Waals surface area (Å²) in [5.41, 5.74) is -0.0264. The quantitative estimate of drug-likeness (QED) is 0.455. The molecule has 0 radical (unpaired) electrons. The molecule has 21 heavy (non-hydrogen) atoms. The van der Waals surface area contributed by atoms with Crippen LogP contribution in [0.25, 0.3) is 0 Å². The maximum atomic E-state index is 13.0. The fraction of sp³-hybridized carbons (Fsp3) is 0.533. The fourth-order valence-corrected chi connectivity index (χ4v) is 4.97. The molecule has 0 saturated heterocycles. The molecule has 0 amide bonds. The van der Waals surface area contributed by atoms with Gasteiger partial charge in [-0.25, -0.2) is 0 Å². The van der Waals surface area contributed by atoms with Crippen LogP contribution in [-0.2, 0) is 18.4 Å². The molecule has 0 aromatic heterocycles. The van der Waals surface area contributed by atoms with Gasteiger partial charge in [0.1, 0.15) is 5.75 Å². The van der Waals surface area contributed by atoms with Crippen LogP contribution < -0.4 is 4.74 Å². The van der Waals surface area contributed by atoms with Gasteiger partial charge in [-0.1, -0.05) is 25.1 Å². The van der Waals surface area contributed by atoms with Gasteiger partial charge in [0.15, 0.2) is 5.66 Å². The molecular weight excluding hydrogens is 291 g/mol. The number of para-hydroxylation sites is 1. The van der Waals surface area contributed by atoms with Crippen molar-refractivity contribution >= 4 is 13.6 Å². The molecule has 2 rings (SSSR count). The number of hydrogen-bond acceptors (Lipinski definition) is 5. The molecule has 0 fully saturated rings. The summed E-state index contributed by atoms with van der Waals surface area (Å²) < 4.78 is 29.1. The van der Waals surface area contributed by atoms with Gasteiger partial charge in [0.25, 0.3) is 0 Å². The Kier molecular flexibility index (Phi) is 5.20. The minimum atomic E-state index is -3.55. The summed E-state index contributed by atoms with van der Waals surface area (Å²) in [4.78, 5) is 12.4. The number of carbonyl (C=O) groups excluding carboxylic acids is 1. The van der Waals surface area contributed by atoms with Crippen molar-refractivity contribution < 1.29 is 23.1 Å². The van der Waals surface area contributed by atoms with Gasteiger partial charge in [0.05, 0.1) is 13.2 Å². The molecule has 1 heterocycles. The van der Waals surface area contributed by atoms with Crippen molar-refractivity contribution in [2.45, 2.75) is 38.8 Å². The van der Waals surface area contributed by atoms with Gasteiger partial charge in [-0.05, 0) is 31.9 Å². The van der Waals surface area contributed by atoms with Gasteiger partial charge in [0, 0.05) is 5.92 Å². The summed E-state index contributed by atoms with van der Waals surface area (Å²) >= 11 is 0. The van der Waals surface area contributed by atoms with Crippen molar-refractivity contribution in [2.24, 2.45) is 0 Å². The zero-order chi connectivity index (χ0) is 15.5. The lowest BCUT2D eigenvalue weighted by Crippen LogP contribution is -2.37. The van der Waals surface area contributed by atoms with E-state index in [1.54, 1.807) is 19.9 Å². The Labute approximate surface area is 125 Å². The average molecular weight is 312 g/mol. The van der Waals surface area contributed by atoms with E-state index in [4.69, 9.17) is 13.8 Å². The molecule has 2 unspecified atom stereocenters. The molecule has 1 aliphatic rings. The van der Waals surface area contributed by atoms with Crippen LogP contribution in [-0.4, -0.2) is 24.8 Å². The first-order valence-corrected chi connectivity index (χ1v) is 8.88. The summed E-state index contributed by atoms with van der Waals surface area (Å²) in [6.07, 6.45) is 0.654. The Morgan fingerprint density at radius 3 is 2.33 bits per heavy atom. The van der Waals surface area contributed by atoms with Crippen molar-refractivity contribution in [2.75, 3.05) is 13.2 Å². The second-order valence-electron chi connectivity index (χ2n) is 4.79. The summed E-state index contributed by atoms with van der Waals surface area (Å²) in [6.45, 7) is 5.86. The van der Waals surface area contributed by atoms with Crippen LogP contribution in [0.1, 0.15) is 38.7 Å². The molecule has 1 aromatic rings. The lowest BCUT2D eigenvalue weighted by atomic mass is 9.90. The Bertz CT molecular complexity index is 547. The van der Waals surface area contributed by atoms with Crippen LogP contribution in [0.5, 0.6) is 5.75 Å². The molecule has 0 spiro atoms. The first-order valence-electron chi connectivity index (χ1n) is 7.26. The highest BCUT2D eigenvalue weighted by Gasteiger charge is 2.50. The molecule has 0 aliphatic carbocycles. The number of ether oxygens (including phenoxy) is 1.